The van der Waals surface area contributed by atoms with E-state index in [0.29, 0.717) is 13.2 Å². The lowest BCUT2D eigenvalue weighted by atomic mass is 10.2. The summed E-state index contributed by atoms with van der Waals surface area (Å²) >= 11 is 1.50. The van der Waals surface area contributed by atoms with E-state index in [1.807, 2.05) is 5.38 Å². The van der Waals surface area contributed by atoms with Crippen molar-refractivity contribution in [3.05, 3.63) is 35.0 Å². The Morgan fingerprint density at radius 2 is 1.95 bits per heavy atom. The highest BCUT2D eigenvalue weighted by molar-refractivity contribution is 7.53. The number of hydrogen-bond acceptors (Lipinski definition) is 4. The summed E-state index contributed by atoms with van der Waals surface area (Å²) in [6, 6.07) is 4.61. The third-order valence-corrected chi connectivity index (χ3v) is 5.67. The van der Waals surface area contributed by atoms with Crippen molar-refractivity contribution in [2.24, 2.45) is 0 Å². The van der Waals surface area contributed by atoms with Crippen LogP contribution in [0.3, 0.4) is 0 Å². The molecule has 0 aliphatic rings. The summed E-state index contributed by atoms with van der Waals surface area (Å²) in [5.74, 6) is -0.296. The zero-order valence-corrected chi connectivity index (χ0v) is 12.6. The Morgan fingerprint density at radius 1 is 1.26 bits per heavy atom. The molecule has 1 aromatic heterocycles. The fourth-order valence-electron chi connectivity index (χ4n) is 1.91. The summed E-state index contributed by atoms with van der Waals surface area (Å²) in [6.07, 6.45) is 0.179. The standard InChI is InChI=1S/C13H16FO3PS/c1-3-16-18(15,17-4-2)8-10-9-19-13-6-5-11(14)7-12(10)13/h5-7,9H,3-4,8H2,1-2H3. The van der Waals surface area contributed by atoms with Gasteiger partial charge in [-0.2, -0.15) is 0 Å². The van der Waals surface area contributed by atoms with Gasteiger partial charge < -0.3 is 9.05 Å². The Bertz CT molecular complexity index is 601. The van der Waals surface area contributed by atoms with Crippen LogP contribution in [0.15, 0.2) is 23.6 Å². The van der Waals surface area contributed by atoms with Crippen molar-refractivity contribution in [3.8, 4) is 0 Å². The number of hydrogen-bond donors (Lipinski definition) is 0. The molecule has 0 unspecified atom stereocenters. The molecular weight excluding hydrogens is 286 g/mol. The number of rotatable bonds is 6. The smallest absolute Gasteiger partial charge is 0.309 e. The Hall–Kier alpha value is -0.740. The number of thiophene rings is 1. The minimum atomic E-state index is -3.14. The zero-order valence-electron chi connectivity index (χ0n) is 10.9. The predicted molar refractivity (Wildman–Crippen MR) is 76.3 cm³/mol. The summed E-state index contributed by atoms with van der Waals surface area (Å²) in [7, 11) is -3.14. The van der Waals surface area contributed by atoms with E-state index in [-0.39, 0.29) is 12.0 Å². The third kappa shape index (κ3) is 3.42. The molecule has 0 saturated heterocycles. The van der Waals surface area contributed by atoms with Gasteiger partial charge in [0.05, 0.1) is 19.4 Å². The third-order valence-electron chi connectivity index (χ3n) is 2.63. The van der Waals surface area contributed by atoms with Gasteiger partial charge in [-0.05, 0) is 48.4 Å². The second-order valence-electron chi connectivity index (χ2n) is 4.01. The van der Waals surface area contributed by atoms with Gasteiger partial charge in [-0.3, -0.25) is 4.57 Å². The average Bonchev–Trinajstić information content (AvgIpc) is 2.72. The average molecular weight is 302 g/mol. The molecule has 0 bridgehead atoms. The van der Waals surface area contributed by atoms with Gasteiger partial charge in [0.15, 0.2) is 0 Å². The molecule has 3 nitrogen and oxygen atoms in total. The summed E-state index contributed by atoms with van der Waals surface area (Å²) in [5, 5.41) is 2.67. The lowest BCUT2D eigenvalue weighted by molar-refractivity contribution is 0.219. The summed E-state index contributed by atoms with van der Waals surface area (Å²) in [5.41, 5.74) is 0.810. The Morgan fingerprint density at radius 3 is 2.58 bits per heavy atom. The van der Waals surface area contributed by atoms with Crippen LogP contribution in [-0.4, -0.2) is 13.2 Å². The maximum atomic E-state index is 13.3. The molecule has 1 heterocycles. The van der Waals surface area contributed by atoms with Crippen LogP contribution in [0.2, 0.25) is 0 Å². The van der Waals surface area contributed by atoms with E-state index >= 15 is 0 Å². The number of benzene rings is 1. The zero-order chi connectivity index (χ0) is 13.9. The van der Waals surface area contributed by atoms with Crippen molar-refractivity contribution in [2.45, 2.75) is 20.0 Å². The summed E-state index contributed by atoms with van der Waals surface area (Å²) in [4.78, 5) is 0. The molecule has 19 heavy (non-hydrogen) atoms. The summed E-state index contributed by atoms with van der Waals surface area (Å²) in [6.45, 7) is 4.20. The van der Waals surface area contributed by atoms with Crippen LogP contribution in [0.4, 0.5) is 4.39 Å². The van der Waals surface area contributed by atoms with Gasteiger partial charge in [0, 0.05) is 4.70 Å². The normalized spacial score (nSPS) is 12.2. The van der Waals surface area contributed by atoms with Crippen molar-refractivity contribution in [1.29, 1.82) is 0 Å². The van der Waals surface area contributed by atoms with Crippen LogP contribution in [0.25, 0.3) is 10.1 Å². The fourth-order valence-corrected chi connectivity index (χ4v) is 4.70. The maximum Gasteiger partial charge on any atom is 0.335 e. The van der Waals surface area contributed by atoms with E-state index < -0.39 is 7.60 Å². The second kappa shape index (κ2) is 6.14. The van der Waals surface area contributed by atoms with Gasteiger partial charge in [-0.15, -0.1) is 11.3 Å². The first-order valence-corrected chi connectivity index (χ1v) is 8.72. The topological polar surface area (TPSA) is 35.5 Å². The SMILES string of the molecule is CCOP(=O)(Cc1csc2ccc(F)cc12)OCC. The predicted octanol–water partition coefficient (Wildman–Crippen LogP) is 4.81. The van der Waals surface area contributed by atoms with Crippen molar-refractivity contribution >= 4 is 29.0 Å². The molecule has 0 atom stereocenters. The van der Waals surface area contributed by atoms with Crippen molar-refractivity contribution < 1.29 is 18.0 Å². The van der Waals surface area contributed by atoms with E-state index in [4.69, 9.17) is 9.05 Å². The molecule has 0 amide bonds. The molecule has 2 aromatic rings. The highest BCUT2D eigenvalue weighted by Gasteiger charge is 2.25. The van der Waals surface area contributed by atoms with Crippen molar-refractivity contribution in [3.63, 3.8) is 0 Å². The highest BCUT2D eigenvalue weighted by atomic mass is 32.1. The van der Waals surface area contributed by atoms with Crippen LogP contribution in [0, 0.1) is 5.82 Å². The number of halogens is 1. The molecule has 0 aliphatic carbocycles. The molecule has 2 rings (SSSR count). The highest BCUT2D eigenvalue weighted by Crippen LogP contribution is 2.52. The van der Waals surface area contributed by atoms with Gasteiger partial charge >= 0.3 is 7.60 Å². The van der Waals surface area contributed by atoms with Crippen LogP contribution in [0.5, 0.6) is 0 Å². The minimum Gasteiger partial charge on any atom is -0.309 e. The molecular formula is C13H16FO3PS. The van der Waals surface area contributed by atoms with Crippen LogP contribution in [0.1, 0.15) is 19.4 Å². The van der Waals surface area contributed by atoms with Crippen LogP contribution >= 0.6 is 18.9 Å². The Balaban J connectivity index is 2.33. The van der Waals surface area contributed by atoms with E-state index in [1.54, 1.807) is 19.9 Å². The lowest BCUT2D eigenvalue weighted by Gasteiger charge is -2.16. The first-order valence-electron chi connectivity index (χ1n) is 6.11. The lowest BCUT2D eigenvalue weighted by Crippen LogP contribution is -1.98. The molecule has 0 fully saturated rings. The monoisotopic (exact) mass is 302 g/mol. The van der Waals surface area contributed by atoms with Crippen LogP contribution in [-0.2, 0) is 19.8 Å². The van der Waals surface area contributed by atoms with Crippen molar-refractivity contribution in [2.75, 3.05) is 13.2 Å². The van der Waals surface area contributed by atoms with E-state index in [1.165, 1.54) is 23.5 Å². The molecule has 0 N–H and O–H groups in total. The number of fused-ring (bicyclic) bond motifs is 1. The minimum absolute atomic E-state index is 0.179. The Kier molecular flexibility index (Phi) is 4.74. The first kappa shape index (κ1) is 14.7. The van der Waals surface area contributed by atoms with Crippen LogP contribution < -0.4 is 0 Å². The van der Waals surface area contributed by atoms with Gasteiger partial charge in [0.25, 0.3) is 0 Å². The molecule has 104 valence electrons. The van der Waals surface area contributed by atoms with E-state index in [2.05, 4.69) is 0 Å². The largest absolute Gasteiger partial charge is 0.335 e. The van der Waals surface area contributed by atoms with Gasteiger partial charge in [0.2, 0.25) is 0 Å². The Labute approximate surface area is 115 Å². The maximum absolute atomic E-state index is 13.3. The summed E-state index contributed by atoms with van der Waals surface area (Å²) < 4.78 is 37.3. The fraction of sp³-hybridized carbons (Fsp3) is 0.385. The quantitative estimate of drug-likeness (QED) is 0.719. The second-order valence-corrected chi connectivity index (χ2v) is 6.97. The van der Waals surface area contributed by atoms with Gasteiger partial charge in [-0.25, -0.2) is 4.39 Å². The van der Waals surface area contributed by atoms with E-state index in [0.717, 1.165) is 15.6 Å². The van der Waals surface area contributed by atoms with Gasteiger partial charge in [-0.1, -0.05) is 0 Å². The molecule has 6 heteroatoms. The first-order chi connectivity index (χ1) is 9.08. The van der Waals surface area contributed by atoms with Crippen molar-refractivity contribution in [1.82, 2.24) is 0 Å². The molecule has 0 spiro atoms. The molecule has 0 radical (unpaired) electrons. The van der Waals surface area contributed by atoms with Gasteiger partial charge in [0.1, 0.15) is 5.82 Å². The molecule has 1 aromatic carbocycles. The van der Waals surface area contributed by atoms with E-state index in [9.17, 15) is 8.96 Å². The molecule has 0 saturated carbocycles. The molecule has 0 aliphatic heterocycles.